The number of hydrazine groups is 1. The van der Waals surface area contributed by atoms with Gasteiger partial charge < -0.3 is 9.47 Å². The predicted octanol–water partition coefficient (Wildman–Crippen LogP) is 5.40. The quantitative estimate of drug-likeness (QED) is 0.210. The van der Waals surface area contributed by atoms with Crippen molar-refractivity contribution in [1.29, 1.82) is 0 Å². The number of nitrogens with zero attached hydrogens (tertiary/aromatic N) is 2. The zero-order chi connectivity index (χ0) is 27.1. The van der Waals surface area contributed by atoms with Crippen molar-refractivity contribution in [2.75, 3.05) is 14.1 Å². The molecule has 38 heavy (non-hydrogen) atoms. The Bertz CT molecular complexity index is 1110. The molecule has 3 fully saturated rings. The van der Waals surface area contributed by atoms with E-state index in [0.717, 1.165) is 51.4 Å². The number of hydrogen-bond donors (Lipinski definition) is 0. The molecule has 4 aliphatic rings. The minimum Gasteiger partial charge on any atom is -0.425 e. The molecule has 2 amide bonds. The Hall–Kier alpha value is -2.46. The molecular weight excluding hydrogens is 524 g/mol. The summed E-state index contributed by atoms with van der Waals surface area (Å²) < 4.78 is 12.3. The van der Waals surface area contributed by atoms with Crippen LogP contribution in [0.25, 0.3) is 0 Å². The lowest BCUT2D eigenvalue weighted by atomic mass is 9.83. The topological polar surface area (TPSA) is 93.2 Å². The number of carbonyl (C=O) groups excluding carboxylic acids is 4. The van der Waals surface area contributed by atoms with Crippen LogP contribution in [0.4, 0.5) is 0 Å². The second-order valence-corrected chi connectivity index (χ2v) is 13.3. The van der Waals surface area contributed by atoms with E-state index in [-0.39, 0.29) is 29.3 Å². The lowest BCUT2D eigenvalue weighted by molar-refractivity contribution is -0.141. The molecule has 2 aliphatic heterocycles. The van der Waals surface area contributed by atoms with Gasteiger partial charge in [0, 0.05) is 14.1 Å². The first kappa shape index (κ1) is 27.1. The van der Waals surface area contributed by atoms with Gasteiger partial charge in [-0.25, -0.2) is 0 Å². The molecule has 0 N–H and O–H groups in total. The Kier molecular flexibility index (Phi) is 7.82. The van der Waals surface area contributed by atoms with Crippen molar-refractivity contribution in [3.05, 3.63) is 21.9 Å². The van der Waals surface area contributed by atoms with Crippen LogP contribution in [0, 0.1) is 23.7 Å². The van der Waals surface area contributed by atoms with Crippen LogP contribution in [-0.2, 0) is 19.2 Å². The molecular formula is C28H34N2O6S2. The fourth-order valence-electron chi connectivity index (χ4n) is 5.43. The molecule has 0 atom stereocenters. The van der Waals surface area contributed by atoms with E-state index in [1.807, 2.05) is 0 Å². The van der Waals surface area contributed by atoms with Crippen LogP contribution in [0.1, 0.15) is 65.2 Å². The molecule has 2 saturated carbocycles. The molecule has 1 aromatic rings. The van der Waals surface area contributed by atoms with Crippen molar-refractivity contribution in [2.45, 2.75) is 75.0 Å². The number of fused-ring (bicyclic) bond motifs is 1. The number of rotatable bonds is 4. The van der Waals surface area contributed by atoms with Crippen molar-refractivity contribution in [3.63, 3.8) is 0 Å². The summed E-state index contributed by atoms with van der Waals surface area (Å²) in [4.78, 5) is 53.0. The highest BCUT2D eigenvalue weighted by molar-refractivity contribution is 8.25. The normalized spacial score (nSPS) is 27.6. The molecule has 8 nitrogen and oxygen atoms in total. The van der Waals surface area contributed by atoms with Gasteiger partial charge in [-0.15, -0.1) is 0 Å². The van der Waals surface area contributed by atoms with Crippen LogP contribution in [0.3, 0.4) is 0 Å². The van der Waals surface area contributed by atoms with Gasteiger partial charge in [-0.1, -0.05) is 37.4 Å². The number of likely N-dealkylation sites (N-methyl/N-ethyl adjacent to an activating group) is 2. The Labute approximate surface area is 231 Å². The summed E-state index contributed by atoms with van der Waals surface area (Å²) in [5.41, 5.74) is 0.0679. The summed E-state index contributed by atoms with van der Waals surface area (Å²) in [6.45, 7) is 4.40. The first-order valence-electron chi connectivity index (χ1n) is 13.4. The van der Waals surface area contributed by atoms with Gasteiger partial charge in [0.2, 0.25) is 0 Å². The van der Waals surface area contributed by atoms with E-state index in [1.165, 1.54) is 33.5 Å². The summed E-state index contributed by atoms with van der Waals surface area (Å²) in [6, 6.07) is 3.32. The number of carbonyl (C=O) groups is 4. The minimum atomic E-state index is -0.398. The third kappa shape index (κ3) is 5.21. The Morgan fingerprint density at radius 2 is 1.08 bits per heavy atom. The SMILES string of the molecule is CC1CCC(C(=O)Oc2ccc(OC(=O)C3CCC(C)CC3)c3c2SC(=C2C(=O)N(C)N(C)C2=O)S3)CC1. The monoisotopic (exact) mass is 558 g/mol. The Balaban J connectivity index is 1.44. The van der Waals surface area contributed by atoms with Crippen molar-refractivity contribution >= 4 is 47.3 Å². The number of thioether (sulfide) groups is 2. The summed E-state index contributed by atoms with van der Waals surface area (Å²) in [7, 11) is 3.09. The summed E-state index contributed by atoms with van der Waals surface area (Å²) >= 11 is 2.43. The second-order valence-electron chi connectivity index (χ2n) is 11.0. The van der Waals surface area contributed by atoms with E-state index in [9.17, 15) is 19.2 Å². The van der Waals surface area contributed by atoms with Crippen LogP contribution in [0.5, 0.6) is 11.5 Å². The van der Waals surface area contributed by atoms with Gasteiger partial charge in [-0.05, 0) is 75.3 Å². The lowest BCUT2D eigenvalue weighted by Crippen LogP contribution is -2.33. The molecule has 0 bridgehead atoms. The predicted molar refractivity (Wildman–Crippen MR) is 144 cm³/mol. The smallest absolute Gasteiger partial charge is 0.314 e. The highest BCUT2D eigenvalue weighted by Crippen LogP contribution is 2.59. The van der Waals surface area contributed by atoms with E-state index in [2.05, 4.69) is 13.8 Å². The van der Waals surface area contributed by atoms with Crippen LogP contribution >= 0.6 is 23.5 Å². The molecule has 0 unspecified atom stereocenters. The minimum absolute atomic E-state index is 0.0679. The van der Waals surface area contributed by atoms with Crippen LogP contribution < -0.4 is 9.47 Å². The Morgan fingerprint density at radius 3 is 1.45 bits per heavy atom. The molecule has 10 heteroatoms. The summed E-state index contributed by atoms with van der Waals surface area (Å²) in [6.07, 6.45) is 7.20. The van der Waals surface area contributed by atoms with E-state index >= 15 is 0 Å². The number of hydrogen-bond acceptors (Lipinski definition) is 8. The molecule has 2 aliphatic carbocycles. The average Bonchev–Trinajstić information content (AvgIpc) is 3.42. The lowest BCUT2D eigenvalue weighted by Gasteiger charge is -2.25. The summed E-state index contributed by atoms with van der Waals surface area (Å²) in [5, 5.41) is 2.54. The van der Waals surface area contributed by atoms with Crippen LogP contribution in [-0.4, -0.2) is 47.9 Å². The van der Waals surface area contributed by atoms with Crippen molar-refractivity contribution in [3.8, 4) is 11.5 Å². The van der Waals surface area contributed by atoms with Gasteiger partial charge in [-0.3, -0.25) is 29.2 Å². The molecule has 0 aromatic heterocycles. The van der Waals surface area contributed by atoms with Gasteiger partial charge in [0.05, 0.1) is 25.9 Å². The number of amides is 2. The number of benzene rings is 1. The largest absolute Gasteiger partial charge is 0.425 e. The van der Waals surface area contributed by atoms with Gasteiger partial charge in [0.15, 0.2) is 0 Å². The fourth-order valence-corrected chi connectivity index (χ4v) is 8.07. The fraction of sp³-hybridized carbons (Fsp3) is 0.571. The van der Waals surface area contributed by atoms with E-state index in [4.69, 9.17) is 9.47 Å². The highest BCUT2D eigenvalue weighted by Gasteiger charge is 2.42. The number of esters is 2. The first-order valence-corrected chi connectivity index (χ1v) is 15.0. The maximum absolute atomic E-state index is 13.0. The van der Waals surface area contributed by atoms with Gasteiger partial charge in [0.1, 0.15) is 17.1 Å². The van der Waals surface area contributed by atoms with Crippen molar-refractivity contribution in [1.82, 2.24) is 10.0 Å². The Morgan fingerprint density at radius 1 is 0.711 bits per heavy atom. The molecule has 0 radical (unpaired) electrons. The van der Waals surface area contributed by atoms with E-state index < -0.39 is 11.8 Å². The highest BCUT2D eigenvalue weighted by atomic mass is 32.2. The van der Waals surface area contributed by atoms with E-state index in [1.54, 1.807) is 26.2 Å². The zero-order valence-electron chi connectivity index (χ0n) is 22.3. The van der Waals surface area contributed by atoms with E-state index in [0.29, 0.717) is 37.4 Å². The molecule has 1 saturated heterocycles. The van der Waals surface area contributed by atoms with Gasteiger partial charge in [0.25, 0.3) is 11.8 Å². The standard InChI is InChI=1S/C28H34N2O6S2/c1-15-5-9-17(10-6-15)26(33)35-19-13-14-20(36-27(34)18-11-7-16(2)8-12-18)23-22(19)37-28(38-23)21-24(31)29(3)30(4)25(21)32/h13-18H,5-12H2,1-4H3. The first-order chi connectivity index (χ1) is 18.1. The molecule has 5 rings (SSSR count). The second kappa shape index (κ2) is 11.0. The molecule has 2 heterocycles. The third-order valence-electron chi connectivity index (χ3n) is 8.22. The third-order valence-corrected chi connectivity index (χ3v) is 10.8. The maximum Gasteiger partial charge on any atom is 0.314 e. The summed E-state index contributed by atoms with van der Waals surface area (Å²) in [5.74, 6) is 0.335. The van der Waals surface area contributed by atoms with Crippen molar-refractivity contribution in [2.24, 2.45) is 23.7 Å². The number of ether oxygens (including phenoxy) is 2. The average molecular weight is 559 g/mol. The van der Waals surface area contributed by atoms with Crippen LogP contribution in [0.15, 0.2) is 31.7 Å². The van der Waals surface area contributed by atoms with Crippen LogP contribution in [0.2, 0.25) is 0 Å². The van der Waals surface area contributed by atoms with Crippen molar-refractivity contribution < 1.29 is 28.7 Å². The molecule has 0 spiro atoms. The van der Waals surface area contributed by atoms with Gasteiger partial charge >= 0.3 is 11.9 Å². The molecule has 1 aromatic carbocycles. The zero-order valence-corrected chi connectivity index (χ0v) is 23.9. The van der Waals surface area contributed by atoms with Gasteiger partial charge in [-0.2, -0.15) is 0 Å². The molecule has 204 valence electrons. The maximum atomic E-state index is 13.0.